The Hall–Kier alpha value is -9.67. The van der Waals surface area contributed by atoms with E-state index in [-0.39, 0.29) is 60.6 Å². The summed E-state index contributed by atoms with van der Waals surface area (Å²) in [5.41, 5.74) is 5.43. The Kier molecular flexibility index (Phi) is 50.6. The highest BCUT2D eigenvalue weighted by Gasteiger charge is 2.35. The number of piperazine rings is 1. The molecular weight excluding hydrogens is 1960 g/mol. The number of likely N-dealkylation sites (N-methyl/N-ethyl adjacent to an activating group) is 2. The van der Waals surface area contributed by atoms with Gasteiger partial charge in [-0.05, 0) is 316 Å². The molecule has 0 aliphatic carbocycles. The molecule has 16 heteroatoms. The molecule has 147 heavy (non-hydrogen) atoms. The highest BCUT2D eigenvalue weighted by Crippen LogP contribution is 2.37. The SMILES string of the molecule is CN1CCC(N2CCCCC2)CC1.CN1CCC([N+](C)(C)C)CC1.CN1CCN(C)CC1.COC1CCN(C)CC1.Cc1ccc(N2CCCCC2)cc1.Cc1ccc([S+](c2ccccc2)c2ccccc2)cc1.Cn1cc([S+]2CCCC2)c2ccccc21.[Br-].c1ccc([S+](c2ccccc2)c2ccccc2)cc1.c1ccc([S+](c2ccccc2)c2ccccc2)cc1.c1ccc([S+](c2ccccc2)c2ccccc2)cc1. The first kappa shape index (κ1) is 116. The van der Waals surface area contributed by atoms with Crippen LogP contribution in [0.25, 0.3) is 10.9 Å². The number of aryl methyl sites for hydroxylation is 3. The number of hydrogen-bond donors (Lipinski definition) is 0. The van der Waals surface area contributed by atoms with E-state index < -0.39 is 0 Å². The van der Waals surface area contributed by atoms with E-state index in [4.69, 9.17) is 4.74 Å². The Bertz CT molecular complexity index is 5340. The monoisotopic (exact) mass is 2120 g/mol. The molecule has 774 valence electrons. The van der Waals surface area contributed by atoms with Crippen LogP contribution in [-0.4, -0.2) is 223 Å². The molecule has 0 atom stereocenters. The van der Waals surface area contributed by atoms with Gasteiger partial charge in [0.05, 0.1) is 94.0 Å². The zero-order valence-corrected chi connectivity index (χ0v) is 95.7. The lowest BCUT2D eigenvalue weighted by atomic mass is 10.0. The summed E-state index contributed by atoms with van der Waals surface area (Å²) < 4.78 is 8.62. The van der Waals surface area contributed by atoms with Crippen molar-refractivity contribution >= 4 is 71.1 Å². The lowest BCUT2D eigenvalue weighted by Gasteiger charge is -2.39. The molecule has 1 aromatic heterocycles. The van der Waals surface area contributed by atoms with Crippen LogP contribution in [-0.2, 0) is 66.3 Å². The molecule has 0 radical (unpaired) electrons. The van der Waals surface area contributed by atoms with Gasteiger partial charge in [0.2, 0.25) is 0 Å². The van der Waals surface area contributed by atoms with Crippen LogP contribution < -0.4 is 21.9 Å². The normalized spacial score (nSPS) is 16.2. The average molecular weight is 2120 g/mol. The Balaban J connectivity index is 0.000000147. The quantitative estimate of drug-likeness (QED) is 0.0659. The number of aromatic nitrogens is 1. The highest BCUT2D eigenvalue weighted by molar-refractivity contribution is 7.98. The molecule has 10 nitrogen and oxygen atoms in total. The third kappa shape index (κ3) is 38.6. The molecular formula is C131H167BrN9OS5+5. The first-order chi connectivity index (χ1) is 71.4. The van der Waals surface area contributed by atoms with Crippen LogP contribution in [0.1, 0.15) is 101 Å². The number of anilines is 1. The van der Waals surface area contributed by atoms with Crippen molar-refractivity contribution in [2.75, 3.05) is 172 Å². The van der Waals surface area contributed by atoms with Crippen LogP contribution in [0, 0.1) is 13.8 Å². The standard InChI is InChI=1S/C19H17S.3C18H15S.C13H16NS.C12H17N.C11H22N2.C9H21N2.C7H15NO.C6H14N2.BrH/c1-16-12-14-19(15-13-16)20(17-8-4-2-5-9-17)18-10-6-3-7-11-18;3*1-4-10-16(11-5-1)19(17-12-6-2-7-13-17)18-14-8-3-9-15-18;1-14-10-13(15-8-4-5-9-15)11-6-2-3-7-12(11)14;1-11-5-7-12(8-6-11)13-9-3-2-4-10-13;1-12-9-5-11(6-10-12)13-7-3-2-4-8-13;1-10-7-5-9(6-8-10)11(2,3)4;1-8-5-3-7(9-2)4-6-8;1-7-3-5-8(2)6-4-7;/h2-15H,1H3;3*1-15H;2-3,6-7,10H,4-5,8-9H2,1H3;5-8H,2-4,9-10H2,1H3;11H,2-10H2,1H3;9H,5-8H2,1-4H3;7H,3-6H2,1-2H3;3-6H2,1-2H3;1H/q5*+1;;;+1;;;/p-1. The van der Waals surface area contributed by atoms with Gasteiger partial charge in [-0.3, -0.25) is 0 Å². The number of hydrogen-bond acceptors (Lipinski definition) is 8. The maximum absolute atomic E-state index is 5.21. The Morgan fingerprint density at radius 2 is 0.517 bits per heavy atom. The summed E-state index contributed by atoms with van der Waals surface area (Å²) in [5, 5.41) is 1.48. The summed E-state index contributed by atoms with van der Waals surface area (Å²) in [6.45, 7) is 22.0. The molecule has 15 aromatic rings. The smallest absolute Gasteiger partial charge is 0.180 e. The fourth-order valence-corrected chi connectivity index (χ4v) is 30.2. The number of para-hydroxylation sites is 1. The first-order valence-electron chi connectivity index (χ1n) is 53.5. The second-order valence-electron chi connectivity index (χ2n) is 40.2. The van der Waals surface area contributed by atoms with Crippen LogP contribution >= 0.6 is 0 Å². The fraction of sp³-hybridized carbons (Fsp3) is 0.344. The third-order valence-electron chi connectivity index (χ3n) is 28.1. The summed E-state index contributed by atoms with van der Waals surface area (Å²) in [7, 11) is 22.3. The van der Waals surface area contributed by atoms with E-state index in [0.717, 1.165) is 16.6 Å². The second kappa shape index (κ2) is 64.1. The number of ether oxygens (including phenoxy) is 1. The number of halogens is 1. The van der Waals surface area contributed by atoms with Crippen LogP contribution in [0.2, 0.25) is 0 Å². The number of likely N-dealkylation sites (tertiary alicyclic amines) is 4. The molecule has 0 spiro atoms. The third-order valence-corrected chi connectivity index (χ3v) is 39.5. The van der Waals surface area contributed by atoms with Crippen molar-refractivity contribution in [3.8, 4) is 0 Å². The Labute approximate surface area is 911 Å². The molecule has 0 unspecified atom stereocenters. The van der Waals surface area contributed by atoms with Crippen LogP contribution in [0.15, 0.2) is 476 Å². The molecule has 8 heterocycles. The predicted octanol–water partition coefficient (Wildman–Crippen LogP) is 25.3. The van der Waals surface area contributed by atoms with Gasteiger partial charge in [0.15, 0.2) is 63.6 Å². The number of fused-ring (bicyclic) bond motifs is 1. The van der Waals surface area contributed by atoms with Crippen LogP contribution in [0.4, 0.5) is 5.69 Å². The summed E-state index contributed by atoms with van der Waals surface area (Å²) in [6, 6.07) is 146. The van der Waals surface area contributed by atoms with Crippen molar-refractivity contribution in [1.29, 1.82) is 0 Å². The van der Waals surface area contributed by atoms with Crippen molar-refractivity contribution in [2.45, 2.75) is 186 Å². The summed E-state index contributed by atoms with van der Waals surface area (Å²) in [6.07, 6.45) is 22.1. The van der Waals surface area contributed by atoms with Gasteiger partial charge in [0, 0.05) is 115 Å². The topological polar surface area (TPSA) is 36.8 Å². The van der Waals surface area contributed by atoms with E-state index >= 15 is 0 Å². The predicted molar refractivity (Wildman–Crippen MR) is 632 cm³/mol. The lowest BCUT2D eigenvalue weighted by Crippen LogP contribution is -3.00. The maximum Gasteiger partial charge on any atom is 0.180 e. The molecule has 7 aliphatic rings. The van der Waals surface area contributed by atoms with E-state index in [1.807, 2.05) is 0 Å². The highest BCUT2D eigenvalue weighted by atomic mass is 79.9. The van der Waals surface area contributed by atoms with E-state index in [2.05, 4.69) is 529 Å². The summed E-state index contributed by atoms with van der Waals surface area (Å²) in [4.78, 5) is 35.1. The molecule has 0 N–H and O–H groups in total. The van der Waals surface area contributed by atoms with Gasteiger partial charge >= 0.3 is 0 Å². The van der Waals surface area contributed by atoms with E-state index in [1.54, 1.807) is 12.0 Å². The molecule has 0 bridgehead atoms. The molecule has 0 saturated carbocycles. The van der Waals surface area contributed by atoms with Crippen molar-refractivity contribution in [3.05, 3.63) is 424 Å². The zero-order valence-electron chi connectivity index (χ0n) is 90.1. The lowest BCUT2D eigenvalue weighted by molar-refractivity contribution is -0.897. The largest absolute Gasteiger partial charge is 1.00 e. The van der Waals surface area contributed by atoms with Crippen LogP contribution in [0.5, 0.6) is 0 Å². The second-order valence-corrected chi connectivity index (χ2v) is 50.6. The maximum atomic E-state index is 5.21. The Morgan fingerprint density at radius 1 is 0.265 bits per heavy atom. The van der Waals surface area contributed by atoms with E-state index in [1.165, 1.54) is 279 Å². The van der Waals surface area contributed by atoms with Crippen molar-refractivity contribution < 1.29 is 26.2 Å². The minimum absolute atomic E-state index is 0. The molecule has 0 amide bonds. The number of quaternary nitrogens is 1. The minimum Gasteiger partial charge on any atom is -1.00 e. The number of nitrogens with zero attached hydrogens (tertiary/aromatic N) is 9. The number of methoxy groups -OCH3 is 1. The fourth-order valence-electron chi connectivity index (χ4n) is 19.3. The van der Waals surface area contributed by atoms with Gasteiger partial charge in [-0.1, -0.05) is 254 Å². The number of piperidine rings is 5. The van der Waals surface area contributed by atoms with Crippen molar-refractivity contribution in [1.82, 2.24) is 34.0 Å². The molecule has 7 aliphatic heterocycles. The molecule has 7 fully saturated rings. The minimum atomic E-state index is -0.0229. The van der Waals surface area contributed by atoms with Crippen molar-refractivity contribution in [3.63, 3.8) is 0 Å². The molecule has 14 aromatic carbocycles. The van der Waals surface area contributed by atoms with Crippen molar-refractivity contribution in [2.24, 2.45) is 7.05 Å². The van der Waals surface area contributed by atoms with Gasteiger partial charge in [0.1, 0.15) is 11.5 Å². The first-order valence-corrected chi connectivity index (χ1v) is 60.0. The Morgan fingerprint density at radius 3 is 0.810 bits per heavy atom. The van der Waals surface area contributed by atoms with E-state index in [0.29, 0.717) is 17.0 Å². The summed E-state index contributed by atoms with van der Waals surface area (Å²) in [5.74, 6) is 2.82. The van der Waals surface area contributed by atoms with Gasteiger partial charge in [-0.15, -0.1) is 0 Å². The van der Waals surface area contributed by atoms with E-state index in [9.17, 15) is 0 Å². The van der Waals surface area contributed by atoms with Gasteiger partial charge < -0.3 is 65.1 Å². The van der Waals surface area contributed by atoms with Gasteiger partial charge in [-0.25, -0.2) is 0 Å². The molecule has 7 saturated heterocycles. The summed E-state index contributed by atoms with van der Waals surface area (Å²) >= 11 is 0. The van der Waals surface area contributed by atoms with Crippen LogP contribution in [0.3, 0.4) is 0 Å². The van der Waals surface area contributed by atoms with Gasteiger partial charge in [-0.2, -0.15) is 0 Å². The van der Waals surface area contributed by atoms with Gasteiger partial charge in [0.25, 0.3) is 0 Å². The average Bonchev–Trinajstić information content (AvgIpc) is 1.64. The molecule has 22 rings (SSSR count). The zero-order chi connectivity index (χ0) is 102. The number of benzene rings is 14. The number of rotatable bonds is 17.